The summed E-state index contributed by atoms with van der Waals surface area (Å²) in [6.45, 7) is 0. The largest absolute Gasteiger partial charge is 0.422 e. The third kappa shape index (κ3) is 3.11. The molecule has 2 nitrogen and oxygen atoms in total. The van der Waals surface area contributed by atoms with Gasteiger partial charge in [-0.15, -0.1) is 0 Å². The summed E-state index contributed by atoms with van der Waals surface area (Å²) in [4.78, 5) is 12.0. The van der Waals surface area contributed by atoms with Crippen LogP contribution in [0.5, 0.6) is 0 Å². The lowest BCUT2D eigenvalue weighted by molar-refractivity contribution is -0.138. The molecule has 0 bridgehead atoms. The van der Waals surface area contributed by atoms with Gasteiger partial charge in [-0.05, 0) is 18.2 Å². The van der Waals surface area contributed by atoms with Crippen molar-refractivity contribution in [2.45, 2.75) is 12.4 Å². The zero-order chi connectivity index (χ0) is 18.4. The monoisotopic (exact) mass is 358 g/mol. The fourth-order valence-corrected chi connectivity index (χ4v) is 2.50. The highest BCUT2D eigenvalue weighted by molar-refractivity contribution is 5.89. The Morgan fingerprint density at radius 3 is 1.80 bits per heavy atom. The first kappa shape index (κ1) is 17.1. The number of fused-ring (bicyclic) bond motifs is 1. The molecule has 0 aliphatic carbocycles. The van der Waals surface area contributed by atoms with Crippen LogP contribution in [-0.2, 0) is 12.4 Å². The molecule has 1 aromatic heterocycles. The maximum Gasteiger partial charge on any atom is 0.420 e. The number of hydrogen-bond donors (Lipinski definition) is 0. The van der Waals surface area contributed by atoms with E-state index in [1.54, 1.807) is 0 Å². The van der Waals surface area contributed by atoms with Gasteiger partial charge in [0, 0.05) is 10.9 Å². The van der Waals surface area contributed by atoms with Crippen molar-refractivity contribution in [1.29, 1.82) is 0 Å². The molecule has 0 saturated heterocycles. The lowest BCUT2D eigenvalue weighted by atomic mass is 10.00. The lowest BCUT2D eigenvalue weighted by Gasteiger charge is -2.15. The predicted molar refractivity (Wildman–Crippen MR) is 77.9 cm³/mol. The lowest BCUT2D eigenvalue weighted by Crippen LogP contribution is -2.13. The van der Waals surface area contributed by atoms with Gasteiger partial charge in [-0.3, -0.25) is 0 Å². The zero-order valence-corrected chi connectivity index (χ0v) is 12.2. The molecule has 0 amide bonds. The van der Waals surface area contributed by atoms with Crippen LogP contribution in [-0.4, -0.2) is 0 Å². The minimum Gasteiger partial charge on any atom is -0.422 e. The Labute approximate surface area is 136 Å². The summed E-state index contributed by atoms with van der Waals surface area (Å²) >= 11 is 0. The van der Waals surface area contributed by atoms with Crippen LogP contribution in [0.15, 0.2) is 57.7 Å². The quantitative estimate of drug-likeness (QED) is 0.538. The summed E-state index contributed by atoms with van der Waals surface area (Å²) in [5.41, 5.74) is -3.50. The van der Waals surface area contributed by atoms with E-state index in [0.29, 0.717) is 12.1 Å². The summed E-state index contributed by atoms with van der Waals surface area (Å²) in [6, 6.07) is 7.95. The molecule has 0 atom stereocenters. The Bertz CT molecular complexity index is 981. The van der Waals surface area contributed by atoms with Gasteiger partial charge < -0.3 is 4.42 Å². The average Bonchev–Trinajstić information content (AvgIpc) is 2.53. The summed E-state index contributed by atoms with van der Waals surface area (Å²) in [5.74, 6) is -0.815. The molecule has 0 saturated carbocycles. The van der Waals surface area contributed by atoms with E-state index in [4.69, 9.17) is 4.42 Å². The van der Waals surface area contributed by atoms with Crippen LogP contribution in [0.1, 0.15) is 11.1 Å². The molecule has 25 heavy (non-hydrogen) atoms. The van der Waals surface area contributed by atoms with E-state index >= 15 is 0 Å². The number of alkyl halides is 6. The first-order chi connectivity index (χ1) is 11.6. The van der Waals surface area contributed by atoms with Crippen molar-refractivity contribution in [1.82, 2.24) is 0 Å². The fraction of sp³-hybridized carbons (Fsp3) is 0.118. The second-order valence-electron chi connectivity index (χ2n) is 5.21. The van der Waals surface area contributed by atoms with Crippen molar-refractivity contribution >= 4 is 10.8 Å². The number of halogens is 6. The molecule has 2 aromatic carbocycles. The van der Waals surface area contributed by atoms with E-state index in [2.05, 4.69) is 0 Å². The van der Waals surface area contributed by atoms with Gasteiger partial charge in [0.1, 0.15) is 5.56 Å². The molecular weight excluding hydrogens is 350 g/mol. The van der Waals surface area contributed by atoms with Gasteiger partial charge in [0.25, 0.3) is 0 Å². The first-order valence-electron chi connectivity index (χ1n) is 6.89. The number of hydrogen-bond acceptors (Lipinski definition) is 2. The Kier molecular flexibility index (Phi) is 3.85. The van der Waals surface area contributed by atoms with Crippen LogP contribution in [0.3, 0.4) is 0 Å². The van der Waals surface area contributed by atoms with Crippen molar-refractivity contribution in [2.24, 2.45) is 0 Å². The number of benzene rings is 2. The van der Waals surface area contributed by atoms with Crippen LogP contribution in [0.25, 0.3) is 22.1 Å². The molecule has 0 spiro atoms. The van der Waals surface area contributed by atoms with Gasteiger partial charge in [0.15, 0.2) is 5.76 Å². The van der Waals surface area contributed by atoms with Crippen LogP contribution in [0, 0.1) is 0 Å². The molecule has 0 radical (unpaired) electrons. The van der Waals surface area contributed by atoms with Crippen LogP contribution < -0.4 is 5.63 Å². The van der Waals surface area contributed by atoms with E-state index in [0.717, 1.165) is 18.2 Å². The average molecular weight is 358 g/mol. The maximum atomic E-state index is 13.5. The molecule has 0 N–H and O–H groups in total. The zero-order valence-electron chi connectivity index (χ0n) is 12.2. The Hall–Kier alpha value is -2.77. The van der Waals surface area contributed by atoms with Crippen molar-refractivity contribution in [2.75, 3.05) is 0 Å². The van der Waals surface area contributed by atoms with Gasteiger partial charge >= 0.3 is 18.0 Å². The van der Waals surface area contributed by atoms with Crippen molar-refractivity contribution < 1.29 is 30.8 Å². The summed E-state index contributed by atoms with van der Waals surface area (Å²) in [6.07, 6.45) is -9.50. The molecule has 3 rings (SSSR count). The topological polar surface area (TPSA) is 30.2 Å². The van der Waals surface area contributed by atoms with E-state index in [1.165, 1.54) is 18.2 Å². The molecule has 0 unspecified atom stereocenters. The minimum absolute atomic E-state index is 0.259. The molecule has 8 heteroatoms. The minimum atomic E-state index is -4.87. The van der Waals surface area contributed by atoms with Crippen LogP contribution in [0.4, 0.5) is 26.3 Å². The standard InChI is InChI=1S/C17H8F6O2/c18-16(19,20)10-7-5-9(6-8-10)14-13(17(21,22)23)11-3-1-2-4-12(11)15(24)25-14/h1-8H. The van der Waals surface area contributed by atoms with Crippen molar-refractivity contribution in [3.8, 4) is 11.3 Å². The first-order valence-corrected chi connectivity index (χ1v) is 6.89. The summed E-state index contributed by atoms with van der Waals surface area (Å²) in [5, 5.41) is -0.633. The van der Waals surface area contributed by atoms with E-state index in [9.17, 15) is 31.1 Å². The van der Waals surface area contributed by atoms with Gasteiger partial charge in [0.05, 0.1) is 10.9 Å². The normalized spacial score (nSPS) is 12.6. The molecule has 0 fully saturated rings. The SMILES string of the molecule is O=c1oc(-c2ccc(C(F)(F)F)cc2)c(C(F)(F)F)c2ccccc12. The van der Waals surface area contributed by atoms with Gasteiger partial charge in [0.2, 0.25) is 0 Å². The van der Waals surface area contributed by atoms with Gasteiger partial charge in [-0.25, -0.2) is 4.79 Å². The summed E-state index contributed by atoms with van der Waals surface area (Å²) in [7, 11) is 0. The molecule has 0 aliphatic rings. The van der Waals surface area contributed by atoms with Gasteiger partial charge in [-0.1, -0.05) is 30.3 Å². The Morgan fingerprint density at radius 1 is 0.720 bits per heavy atom. The molecular formula is C17H8F6O2. The molecule has 0 aliphatic heterocycles. The summed E-state index contributed by atoms with van der Waals surface area (Å²) < 4.78 is 83.2. The molecule has 3 aromatic rings. The highest BCUT2D eigenvalue weighted by Crippen LogP contribution is 2.41. The highest BCUT2D eigenvalue weighted by atomic mass is 19.4. The Balaban J connectivity index is 2.31. The predicted octanol–water partition coefficient (Wildman–Crippen LogP) is 5.50. The van der Waals surface area contributed by atoms with Crippen LogP contribution >= 0.6 is 0 Å². The third-order valence-electron chi connectivity index (χ3n) is 3.60. The Morgan fingerprint density at radius 2 is 1.28 bits per heavy atom. The molecule has 130 valence electrons. The van der Waals surface area contributed by atoms with E-state index < -0.39 is 34.9 Å². The van der Waals surface area contributed by atoms with Crippen LogP contribution in [0.2, 0.25) is 0 Å². The second kappa shape index (κ2) is 5.65. The van der Waals surface area contributed by atoms with Gasteiger partial charge in [-0.2, -0.15) is 26.3 Å². The second-order valence-corrected chi connectivity index (χ2v) is 5.21. The fourth-order valence-electron chi connectivity index (χ4n) is 2.50. The third-order valence-corrected chi connectivity index (χ3v) is 3.60. The van der Waals surface area contributed by atoms with Crippen molar-refractivity contribution in [3.05, 3.63) is 70.1 Å². The highest BCUT2D eigenvalue weighted by Gasteiger charge is 2.38. The molecule has 1 heterocycles. The maximum absolute atomic E-state index is 13.5. The van der Waals surface area contributed by atoms with E-state index in [-0.39, 0.29) is 16.3 Å². The smallest absolute Gasteiger partial charge is 0.420 e. The van der Waals surface area contributed by atoms with Crippen molar-refractivity contribution in [3.63, 3.8) is 0 Å². The number of rotatable bonds is 1. The van der Waals surface area contributed by atoms with E-state index in [1.807, 2.05) is 0 Å².